The number of carbonyl (C=O) groups excluding carboxylic acids is 2. The standard InChI is InChI=1S/C19H24N4O4/c1-22-17(9-16(21-22)13-4-2-6-26-12-13)20-19(25)14-8-18(24)23(10-14)11-15-5-3-7-27-15/h3,5,7,9,13-14H,2,4,6,8,10-12H2,1H3,(H,20,25). The number of aromatic nitrogens is 2. The van der Waals surface area contributed by atoms with Crippen LogP contribution >= 0.6 is 0 Å². The van der Waals surface area contributed by atoms with Gasteiger partial charge in [-0.15, -0.1) is 0 Å². The highest BCUT2D eigenvalue weighted by molar-refractivity contribution is 5.96. The number of aryl methyl sites for hydroxylation is 1. The molecule has 0 saturated carbocycles. The molecule has 2 aromatic heterocycles. The number of hydrogen-bond acceptors (Lipinski definition) is 5. The molecule has 0 radical (unpaired) electrons. The molecule has 2 aliphatic heterocycles. The van der Waals surface area contributed by atoms with Crippen LogP contribution in [0.1, 0.15) is 36.6 Å². The lowest BCUT2D eigenvalue weighted by atomic mass is 9.99. The fraction of sp³-hybridized carbons (Fsp3) is 0.526. The lowest BCUT2D eigenvalue weighted by Crippen LogP contribution is -2.28. The maximum Gasteiger partial charge on any atom is 0.230 e. The fourth-order valence-electron chi connectivity index (χ4n) is 3.70. The maximum absolute atomic E-state index is 12.7. The predicted molar refractivity (Wildman–Crippen MR) is 96.9 cm³/mol. The Hall–Kier alpha value is -2.61. The molecule has 2 fully saturated rings. The summed E-state index contributed by atoms with van der Waals surface area (Å²) in [5.74, 6) is 1.08. The van der Waals surface area contributed by atoms with Gasteiger partial charge in [-0.1, -0.05) is 0 Å². The fourth-order valence-corrected chi connectivity index (χ4v) is 3.70. The van der Waals surface area contributed by atoms with Crippen molar-refractivity contribution in [3.63, 3.8) is 0 Å². The van der Waals surface area contributed by atoms with Crippen molar-refractivity contribution in [2.24, 2.45) is 13.0 Å². The van der Waals surface area contributed by atoms with E-state index < -0.39 is 0 Å². The third kappa shape index (κ3) is 3.90. The van der Waals surface area contributed by atoms with Crippen LogP contribution in [0.2, 0.25) is 0 Å². The predicted octanol–water partition coefficient (Wildman–Crippen LogP) is 1.89. The zero-order valence-electron chi connectivity index (χ0n) is 15.4. The molecule has 1 N–H and O–H groups in total. The minimum Gasteiger partial charge on any atom is -0.467 e. The summed E-state index contributed by atoms with van der Waals surface area (Å²) in [5, 5.41) is 7.46. The number of likely N-dealkylation sites (tertiary alicyclic amines) is 1. The van der Waals surface area contributed by atoms with E-state index in [1.807, 2.05) is 19.2 Å². The van der Waals surface area contributed by atoms with Gasteiger partial charge >= 0.3 is 0 Å². The van der Waals surface area contributed by atoms with Crippen LogP contribution in [0.3, 0.4) is 0 Å². The van der Waals surface area contributed by atoms with E-state index >= 15 is 0 Å². The van der Waals surface area contributed by atoms with Gasteiger partial charge in [0.05, 0.1) is 31.0 Å². The van der Waals surface area contributed by atoms with Crippen LogP contribution in [0.25, 0.3) is 0 Å². The van der Waals surface area contributed by atoms with E-state index in [1.54, 1.807) is 21.9 Å². The molecule has 8 nitrogen and oxygen atoms in total. The third-order valence-electron chi connectivity index (χ3n) is 5.24. The minimum atomic E-state index is -0.371. The summed E-state index contributed by atoms with van der Waals surface area (Å²) in [6.07, 6.45) is 3.87. The molecule has 0 aromatic carbocycles. The van der Waals surface area contributed by atoms with Gasteiger partial charge in [0.25, 0.3) is 0 Å². The van der Waals surface area contributed by atoms with Gasteiger partial charge in [0.1, 0.15) is 11.6 Å². The molecule has 2 aromatic rings. The van der Waals surface area contributed by atoms with E-state index in [0.29, 0.717) is 25.5 Å². The second-order valence-electron chi connectivity index (χ2n) is 7.24. The summed E-state index contributed by atoms with van der Waals surface area (Å²) in [5.41, 5.74) is 0.939. The molecule has 0 bridgehead atoms. The van der Waals surface area contributed by atoms with Gasteiger partial charge < -0.3 is 19.4 Å². The molecular formula is C19H24N4O4. The summed E-state index contributed by atoms with van der Waals surface area (Å²) < 4.78 is 12.5. The second kappa shape index (κ2) is 7.56. The molecule has 0 spiro atoms. The highest BCUT2D eigenvalue weighted by Crippen LogP contribution is 2.27. The van der Waals surface area contributed by atoms with Crippen LogP contribution in [-0.2, 0) is 27.9 Å². The first-order valence-electron chi connectivity index (χ1n) is 9.33. The van der Waals surface area contributed by atoms with Crippen LogP contribution in [0.15, 0.2) is 28.9 Å². The molecule has 4 rings (SSSR count). The number of amides is 2. The van der Waals surface area contributed by atoms with Crippen molar-refractivity contribution in [1.29, 1.82) is 0 Å². The third-order valence-corrected chi connectivity index (χ3v) is 5.24. The van der Waals surface area contributed by atoms with Crippen molar-refractivity contribution in [2.45, 2.75) is 31.7 Å². The number of ether oxygens (including phenoxy) is 1. The van der Waals surface area contributed by atoms with Gasteiger partial charge in [0.2, 0.25) is 11.8 Å². The SMILES string of the molecule is Cn1nc(C2CCCOC2)cc1NC(=O)C1CC(=O)N(Cc2ccco2)C1. The Kier molecular flexibility index (Phi) is 4.98. The van der Waals surface area contributed by atoms with Gasteiger partial charge in [-0.05, 0) is 25.0 Å². The smallest absolute Gasteiger partial charge is 0.230 e. The monoisotopic (exact) mass is 372 g/mol. The minimum absolute atomic E-state index is 0.0309. The first-order valence-corrected chi connectivity index (χ1v) is 9.33. The number of anilines is 1. The summed E-state index contributed by atoms with van der Waals surface area (Å²) in [6.45, 7) is 2.26. The molecule has 2 amide bonds. The summed E-state index contributed by atoms with van der Waals surface area (Å²) in [4.78, 5) is 26.5. The van der Waals surface area contributed by atoms with Crippen LogP contribution in [0.4, 0.5) is 5.82 Å². The summed E-state index contributed by atoms with van der Waals surface area (Å²) >= 11 is 0. The average molecular weight is 372 g/mol. The number of nitrogens with one attached hydrogen (secondary N) is 1. The van der Waals surface area contributed by atoms with Gasteiger partial charge in [0.15, 0.2) is 0 Å². The van der Waals surface area contributed by atoms with E-state index in [9.17, 15) is 9.59 Å². The highest BCUT2D eigenvalue weighted by Gasteiger charge is 2.35. The Morgan fingerprint density at radius 3 is 3.07 bits per heavy atom. The van der Waals surface area contributed by atoms with Crippen molar-refractivity contribution >= 4 is 17.6 Å². The van der Waals surface area contributed by atoms with E-state index in [1.165, 1.54) is 0 Å². The Morgan fingerprint density at radius 2 is 2.33 bits per heavy atom. The van der Waals surface area contributed by atoms with Crippen LogP contribution in [0.5, 0.6) is 0 Å². The topological polar surface area (TPSA) is 89.6 Å². The molecule has 2 unspecified atom stereocenters. The van der Waals surface area contributed by atoms with E-state index in [4.69, 9.17) is 9.15 Å². The molecular weight excluding hydrogens is 348 g/mol. The Balaban J connectivity index is 1.37. The quantitative estimate of drug-likeness (QED) is 0.866. The first kappa shape index (κ1) is 17.8. The van der Waals surface area contributed by atoms with E-state index in [2.05, 4.69) is 10.4 Å². The number of hydrogen-bond donors (Lipinski definition) is 1. The van der Waals surface area contributed by atoms with Crippen molar-refractivity contribution in [1.82, 2.24) is 14.7 Å². The molecule has 144 valence electrons. The van der Waals surface area contributed by atoms with Crippen LogP contribution in [0, 0.1) is 5.92 Å². The molecule has 0 aliphatic carbocycles. The highest BCUT2D eigenvalue weighted by atomic mass is 16.5. The second-order valence-corrected chi connectivity index (χ2v) is 7.24. The molecule has 8 heteroatoms. The Bertz CT molecular complexity index is 808. The maximum atomic E-state index is 12.7. The van der Waals surface area contributed by atoms with Crippen molar-refractivity contribution in [3.8, 4) is 0 Å². The zero-order valence-corrected chi connectivity index (χ0v) is 15.4. The van der Waals surface area contributed by atoms with Gasteiger partial charge in [-0.3, -0.25) is 14.3 Å². The van der Waals surface area contributed by atoms with E-state index in [-0.39, 0.29) is 30.1 Å². The Labute approximate surface area is 157 Å². The largest absolute Gasteiger partial charge is 0.467 e. The van der Waals surface area contributed by atoms with Crippen LogP contribution < -0.4 is 5.32 Å². The van der Waals surface area contributed by atoms with Crippen molar-refractivity contribution in [2.75, 3.05) is 25.1 Å². The average Bonchev–Trinajstić information content (AvgIpc) is 3.39. The van der Waals surface area contributed by atoms with Gasteiger partial charge in [-0.25, -0.2) is 0 Å². The Morgan fingerprint density at radius 1 is 1.44 bits per heavy atom. The number of furan rings is 1. The molecule has 27 heavy (non-hydrogen) atoms. The van der Waals surface area contributed by atoms with Crippen LogP contribution in [-0.4, -0.2) is 46.3 Å². The molecule has 4 heterocycles. The van der Waals surface area contributed by atoms with Gasteiger partial charge in [-0.2, -0.15) is 5.10 Å². The molecule has 2 aliphatic rings. The van der Waals surface area contributed by atoms with E-state index in [0.717, 1.165) is 30.9 Å². The number of carbonyl (C=O) groups is 2. The first-order chi connectivity index (χ1) is 13.1. The molecule has 2 saturated heterocycles. The van der Waals surface area contributed by atoms with Gasteiger partial charge in [0, 0.05) is 38.6 Å². The van der Waals surface area contributed by atoms with Crippen molar-refractivity contribution < 1.29 is 18.7 Å². The lowest BCUT2D eigenvalue weighted by molar-refractivity contribution is -0.128. The lowest BCUT2D eigenvalue weighted by Gasteiger charge is -2.19. The summed E-state index contributed by atoms with van der Waals surface area (Å²) in [6, 6.07) is 5.53. The number of nitrogens with zero attached hydrogens (tertiary/aromatic N) is 3. The normalized spacial score (nSPS) is 23.0. The van der Waals surface area contributed by atoms with Crippen molar-refractivity contribution in [3.05, 3.63) is 35.9 Å². The zero-order chi connectivity index (χ0) is 18.8. The summed E-state index contributed by atoms with van der Waals surface area (Å²) in [7, 11) is 1.81. The molecule has 2 atom stereocenters. The number of rotatable bonds is 5.